The first-order chi connectivity index (χ1) is 12.6. The van der Waals surface area contributed by atoms with Gasteiger partial charge in [-0.15, -0.1) is 0 Å². The number of carbonyl (C=O) groups is 2. The van der Waals surface area contributed by atoms with Gasteiger partial charge < -0.3 is 21.3 Å². The van der Waals surface area contributed by atoms with Crippen LogP contribution in [-0.4, -0.2) is 25.0 Å². The van der Waals surface area contributed by atoms with E-state index in [4.69, 9.17) is 0 Å². The minimum absolute atomic E-state index is 0.0556. The highest BCUT2D eigenvalue weighted by Crippen LogP contribution is 2.18. The average Bonchev–Trinajstić information content (AvgIpc) is 3.18. The Bertz CT molecular complexity index is 740. The maximum atomic E-state index is 12.2. The third-order valence-electron chi connectivity index (χ3n) is 4.49. The summed E-state index contributed by atoms with van der Waals surface area (Å²) >= 11 is 0. The Hall–Kier alpha value is -2.86. The van der Waals surface area contributed by atoms with Crippen molar-refractivity contribution in [2.45, 2.75) is 19.4 Å². The molecular weight excluding hydrogens is 328 g/mol. The lowest BCUT2D eigenvalue weighted by Crippen LogP contribution is -2.33. The van der Waals surface area contributed by atoms with E-state index in [2.05, 4.69) is 21.3 Å². The molecule has 6 nitrogen and oxygen atoms in total. The molecule has 2 atom stereocenters. The molecule has 1 heterocycles. The molecule has 1 fully saturated rings. The lowest BCUT2D eigenvalue weighted by Gasteiger charge is -2.17. The van der Waals surface area contributed by atoms with Crippen LogP contribution in [0.1, 0.15) is 24.9 Å². The highest BCUT2D eigenvalue weighted by atomic mass is 16.2. The summed E-state index contributed by atoms with van der Waals surface area (Å²) in [6.45, 7) is 3.61. The molecule has 2 aromatic carbocycles. The van der Waals surface area contributed by atoms with Crippen molar-refractivity contribution < 1.29 is 9.59 Å². The van der Waals surface area contributed by atoms with E-state index in [0.717, 1.165) is 30.8 Å². The van der Waals surface area contributed by atoms with Gasteiger partial charge in [-0.3, -0.25) is 4.79 Å². The molecule has 136 valence electrons. The molecule has 26 heavy (non-hydrogen) atoms. The zero-order valence-electron chi connectivity index (χ0n) is 14.8. The second-order valence-electron chi connectivity index (χ2n) is 6.49. The fourth-order valence-electron chi connectivity index (χ4n) is 2.96. The van der Waals surface area contributed by atoms with Gasteiger partial charge in [-0.05, 0) is 49.7 Å². The second-order valence-corrected chi connectivity index (χ2v) is 6.49. The van der Waals surface area contributed by atoms with Crippen LogP contribution >= 0.6 is 0 Å². The summed E-state index contributed by atoms with van der Waals surface area (Å²) in [7, 11) is 0. The zero-order valence-corrected chi connectivity index (χ0v) is 14.8. The molecule has 4 N–H and O–H groups in total. The van der Waals surface area contributed by atoms with Crippen molar-refractivity contribution in [3.63, 3.8) is 0 Å². The number of carbonyl (C=O) groups excluding carboxylic acids is 2. The summed E-state index contributed by atoms with van der Waals surface area (Å²) in [5, 5.41) is 11.8. The van der Waals surface area contributed by atoms with Gasteiger partial charge in [0.2, 0.25) is 5.91 Å². The number of hydrogen-bond donors (Lipinski definition) is 4. The smallest absolute Gasteiger partial charge is 0.323 e. The Kier molecular flexibility index (Phi) is 5.86. The second kappa shape index (κ2) is 8.49. The molecule has 0 spiro atoms. The first-order valence-electron chi connectivity index (χ1n) is 8.86. The lowest BCUT2D eigenvalue weighted by molar-refractivity contribution is -0.125. The summed E-state index contributed by atoms with van der Waals surface area (Å²) in [5.74, 6) is 0.145. The molecule has 0 saturated carbocycles. The Morgan fingerprint density at radius 3 is 2.27 bits per heavy atom. The van der Waals surface area contributed by atoms with Gasteiger partial charge in [-0.2, -0.15) is 0 Å². The minimum Gasteiger partial charge on any atom is -0.349 e. The van der Waals surface area contributed by atoms with Gasteiger partial charge in [0.15, 0.2) is 0 Å². The standard InChI is InChI=1S/C20H24N4O2/c1-14(22-19(25)16-11-12-21-13-16)15-7-9-18(10-8-15)24-20(26)23-17-5-3-2-4-6-17/h2-10,14,16,21H,11-13H2,1H3,(H,22,25)(H2,23,24,26). The van der Waals surface area contributed by atoms with Crippen LogP contribution in [0, 0.1) is 5.92 Å². The van der Waals surface area contributed by atoms with Crippen LogP contribution in [0.5, 0.6) is 0 Å². The van der Waals surface area contributed by atoms with Crippen molar-refractivity contribution in [3.05, 3.63) is 60.2 Å². The monoisotopic (exact) mass is 352 g/mol. The van der Waals surface area contributed by atoms with Gasteiger partial charge in [0.1, 0.15) is 0 Å². The van der Waals surface area contributed by atoms with Crippen LogP contribution in [0.2, 0.25) is 0 Å². The molecule has 2 unspecified atom stereocenters. The SMILES string of the molecule is CC(NC(=O)C1CCNC1)c1ccc(NC(=O)Nc2ccccc2)cc1. The Balaban J connectivity index is 1.52. The van der Waals surface area contributed by atoms with Gasteiger partial charge in [0.05, 0.1) is 12.0 Å². The zero-order chi connectivity index (χ0) is 18.4. The first-order valence-corrected chi connectivity index (χ1v) is 8.86. The largest absolute Gasteiger partial charge is 0.349 e. The molecule has 1 saturated heterocycles. The summed E-state index contributed by atoms with van der Waals surface area (Å²) in [6.07, 6.45) is 0.887. The number of anilines is 2. The molecule has 0 radical (unpaired) electrons. The van der Waals surface area contributed by atoms with Crippen molar-refractivity contribution in [1.29, 1.82) is 0 Å². The maximum Gasteiger partial charge on any atom is 0.323 e. The lowest BCUT2D eigenvalue weighted by atomic mass is 10.0. The van der Waals surface area contributed by atoms with Gasteiger partial charge in [0, 0.05) is 17.9 Å². The normalized spacial score (nSPS) is 17.3. The maximum absolute atomic E-state index is 12.2. The van der Waals surface area contributed by atoms with E-state index in [1.165, 1.54) is 0 Å². The van der Waals surface area contributed by atoms with Crippen LogP contribution in [0.25, 0.3) is 0 Å². The topological polar surface area (TPSA) is 82.3 Å². The summed E-state index contributed by atoms with van der Waals surface area (Å²) in [4.78, 5) is 24.2. The summed E-state index contributed by atoms with van der Waals surface area (Å²) < 4.78 is 0. The van der Waals surface area contributed by atoms with E-state index in [0.29, 0.717) is 5.69 Å². The quantitative estimate of drug-likeness (QED) is 0.667. The fourth-order valence-corrected chi connectivity index (χ4v) is 2.96. The van der Waals surface area contributed by atoms with Crippen LogP contribution in [-0.2, 0) is 4.79 Å². The Labute approximate surface area is 153 Å². The van der Waals surface area contributed by atoms with E-state index >= 15 is 0 Å². The van der Waals surface area contributed by atoms with E-state index in [-0.39, 0.29) is 23.9 Å². The van der Waals surface area contributed by atoms with Crippen molar-refractivity contribution >= 4 is 23.3 Å². The van der Waals surface area contributed by atoms with E-state index in [9.17, 15) is 9.59 Å². The van der Waals surface area contributed by atoms with Crippen molar-refractivity contribution in [3.8, 4) is 0 Å². The molecule has 0 aromatic heterocycles. The van der Waals surface area contributed by atoms with Crippen LogP contribution in [0.15, 0.2) is 54.6 Å². The molecule has 6 heteroatoms. The molecule has 0 aliphatic carbocycles. The molecule has 3 rings (SSSR count). The Morgan fingerprint density at radius 2 is 1.65 bits per heavy atom. The van der Waals surface area contributed by atoms with Crippen LogP contribution < -0.4 is 21.3 Å². The Morgan fingerprint density at radius 1 is 1.00 bits per heavy atom. The number of urea groups is 1. The number of amides is 3. The molecule has 0 bridgehead atoms. The van der Waals surface area contributed by atoms with Crippen LogP contribution in [0.3, 0.4) is 0 Å². The van der Waals surface area contributed by atoms with E-state index < -0.39 is 0 Å². The molecule has 3 amide bonds. The molecule has 1 aliphatic rings. The van der Waals surface area contributed by atoms with E-state index in [1.807, 2.05) is 61.5 Å². The average molecular weight is 352 g/mol. The minimum atomic E-state index is -0.293. The first kappa shape index (κ1) is 17.9. The third kappa shape index (κ3) is 4.83. The molecule has 2 aromatic rings. The van der Waals surface area contributed by atoms with Gasteiger partial charge in [0.25, 0.3) is 0 Å². The highest BCUT2D eigenvalue weighted by Gasteiger charge is 2.23. The molecular formula is C20H24N4O2. The predicted octanol–water partition coefficient (Wildman–Crippen LogP) is 3.12. The third-order valence-corrected chi connectivity index (χ3v) is 4.49. The summed E-state index contributed by atoms with van der Waals surface area (Å²) in [6, 6.07) is 16.4. The van der Waals surface area contributed by atoms with Gasteiger partial charge >= 0.3 is 6.03 Å². The number of benzene rings is 2. The number of para-hydroxylation sites is 1. The van der Waals surface area contributed by atoms with E-state index in [1.54, 1.807) is 0 Å². The number of rotatable bonds is 5. The van der Waals surface area contributed by atoms with Crippen molar-refractivity contribution in [1.82, 2.24) is 10.6 Å². The predicted molar refractivity (Wildman–Crippen MR) is 103 cm³/mol. The summed E-state index contributed by atoms with van der Waals surface area (Å²) in [5.41, 5.74) is 2.43. The number of hydrogen-bond acceptors (Lipinski definition) is 3. The fraction of sp³-hybridized carbons (Fsp3) is 0.300. The van der Waals surface area contributed by atoms with Gasteiger partial charge in [-0.1, -0.05) is 30.3 Å². The van der Waals surface area contributed by atoms with Gasteiger partial charge in [-0.25, -0.2) is 4.79 Å². The number of nitrogens with one attached hydrogen (secondary N) is 4. The molecule has 1 aliphatic heterocycles. The van der Waals surface area contributed by atoms with Crippen LogP contribution in [0.4, 0.5) is 16.2 Å². The van der Waals surface area contributed by atoms with Crippen molar-refractivity contribution in [2.24, 2.45) is 5.92 Å². The van der Waals surface area contributed by atoms with Crippen molar-refractivity contribution in [2.75, 3.05) is 23.7 Å². The highest BCUT2D eigenvalue weighted by molar-refractivity contribution is 5.99.